The van der Waals surface area contributed by atoms with E-state index in [0.717, 1.165) is 5.56 Å². The van der Waals surface area contributed by atoms with E-state index in [-0.39, 0.29) is 0 Å². The van der Waals surface area contributed by atoms with Gasteiger partial charge in [0.25, 0.3) is 0 Å². The summed E-state index contributed by atoms with van der Waals surface area (Å²) in [7, 11) is 0. The fourth-order valence-corrected chi connectivity index (χ4v) is 4.34. The highest BCUT2D eigenvalue weighted by molar-refractivity contribution is 6.48. The van der Waals surface area contributed by atoms with Crippen LogP contribution in [0.1, 0.15) is 58.9 Å². The average molecular weight is 328 g/mol. The molecule has 2 unspecified atom stereocenters. The first-order chi connectivity index (χ1) is 11.1. The van der Waals surface area contributed by atoms with Crippen LogP contribution < -0.4 is 4.74 Å². The van der Waals surface area contributed by atoms with Gasteiger partial charge in [-0.15, -0.1) is 0 Å². The zero-order chi connectivity index (χ0) is 17.9. The standard InChI is InChI=1S/C20H24O4/c1-12(2)13-6-8-14(9-7-13)24-17(23)20-11-10-19(5,18(20,3)4)15(21)16(20)22/h6-9,12H,10-11H2,1-5H3. The fourth-order valence-electron chi connectivity index (χ4n) is 4.34. The summed E-state index contributed by atoms with van der Waals surface area (Å²) in [6, 6.07) is 7.31. The van der Waals surface area contributed by atoms with Crippen LogP contribution in [0.2, 0.25) is 0 Å². The maximum absolute atomic E-state index is 12.9. The van der Waals surface area contributed by atoms with Crippen molar-refractivity contribution >= 4 is 17.5 Å². The summed E-state index contributed by atoms with van der Waals surface area (Å²) in [5, 5.41) is 0. The van der Waals surface area contributed by atoms with Crippen LogP contribution >= 0.6 is 0 Å². The van der Waals surface area contributed by atoms with Crippen molar-refractivity contribution in [3.05, 3.63) is 29.8 Å². The van der Waals surface area contributed by atoms with Crippen LogP contribution in [0, 0.1) is 16.2 Å². The predicted molar refractivity (Wildman–Crippen MR) is 89.7 cm³/mol. The fraction of sp³-hybridized carbons (Fsp3) is 0.550. The Morgan fingerprint density at radius 2 is 1.58 bits per heavy atom. The number of fused-ring (bicyclic) bond motifs is 2. The van der Waals surface area contributed by atoms with Crippen molar-refractivity contribution in [3.8, 4) is 5.75 Å². The van der Waals surface area contributed by atoms with Crippen LogP contribution in [0.15, 0.2) is 24.3 Å². The lowest BCUT2D eigenvalue weighted by molar-refractivity contribution is -0.157. The monoisotopic (exact) mass is 328 g/mol. The third kappa shape index (κ3) is 1.83. The van der Waals surface area contributed by atoms with Gasteiger partial charge in [0, 0.05) is 10.8 Å². The Balaban J connectivity index is 1.92. The molecule has 0 amide bonds. The quantitative estimate of drug-likeness (QED) is 0.367. The molecule has 3 rings (SSSR count). The van der Waals surface area contributed by atoms with Gasteiger partial charge in [-0.05, 0) is 36.5 Å². The molecule has 2 aliphatic rings. The van der Waals surface area contributed by atoms with E-state index in [1.165, 1.54) is 0 Å². The van der Waals surface area contributed by atoms with Crippen LogP contribution in [0.3, 0.4) is 0 Å². The third-order valence-electron chi connectivity index (χ3n) is 6.65. The van der Waals surface area contributed by atoms with E-state index in [9.17, 15) is 14.4 Å². The molecule has 4 heteroatoms. The van der Waals surface area contributed by atoms with Crippen molar-refractivity contribution in [2.24, 2.45) is 16.2 Å². The molecule has 2 saturated carbocycles. The maximum Gasteiger partial charge on any atom is 0.326 e. The predicted octanol–water partition coefficient (Wildman–Crippen LogP) is 3.68. The molecule has 0 spiro atoms. The Morgan fingerprint density at radius 1 is 1.00 bits per heavy atom. The molecule has 24 heavy (non-hydrogen) atoms. The molecule has 2 atom stereocenters. The van der Waals surface area contributed by atoms with E-state index in [1.807, 2.05) is 26.0 Å². The summed E-state index contributed by atoms with van der Waals surface area (Å²) >= 11 is 0. The minimum Gasteiger partial charge on any atom is -0.426 e. The highest BCUT2D eigenvalue weighted by Gasteiger charge is 2.78. The summed E-state index contributed by atoms with van der Waals surface area (Å²) in [5.41, 5.74) is -1.71. The number of Topliss-reactive ketones (excluding diaryl/α,β-unsaturated/α-hetero) is 2. The Labute approximate surface area is 142 Å². The molecular weight excluding hydrogens is 304 g/mol. The van der Waals surface area contributed by atoms with E-state index in [4.69, 9.17) is 4.74 Å². The van der Waals surface area contributed by atoms with Gasteiger partial charge in [-0.25, -0.2) is 0 Å². The van der Waals surface area contributed by atoms with Gasteiger partial charge < -0.3 is 4.74 Å². The summed E-state index contributed by atoms with van der Waals surface area (Å²) in [4.78, 5) is 38.0. The van der Waals surface area contributed by atoms with Gasteiger partial charge in [-0.1, -0.05) is 46.8 Å². The summed E-state index contributed by atoms with van der Waals surface area (Å²) in [6.07, 6.45) is 0.927. The van der Waals surface area contributed by atoms with Crippen molar-refractivity contribution in [1.82, 2.24) is 0 Å². The lowest BCUT2D eigenvalue weighted by Gasteiger charge is -2.36. The molecule has 4 nitrogen and oxygen atoms in total. The molecule has 1 aromatic rings. The lowest BCUT2D eigenvalue weighted by atomic mass is 9.65. The molecule has 0 radical (unpaired) electrons. The maximum atomic E-state index is 12.9. The zero-order valence-corrected chi connectivity index (χ0v) is 14.9. The number of hydrogen-bond acceptors (Lipinski definition) is 4. The van der Waals surface area contributed by atoms with E-state index in [2.05, 4.69) is 13.8 Å². The smallest absolute Gasteiger partial charge is 0.326 e. The first-order valence-corrected chi connectivity index (χ1v) is 8.49. The van der Waals surface area contributed by atoms with Gasteiger partial charge in [0.05, 0.1) is 0 Å². The minimum absolute atomic E-state index is 0.379. The van der Waals surface area contributed by atoms with Gasteiger partial charge in [-0.2, -0.15) is 0 Å². The molecule has 1 aromatic carbocycles. The molecule has 128 valence electrons. The second-order valence-electron chi connectivity index (χ2n) is 8.13. The van der Waals surface area contributed by atoms with Crippen molar-refractivity contribution < 1.29 is 19.1 Å². The first-order valence-electron chi connectivity index (χ1n) is 8.49. The number of ketones is 2. The Bertz CT molecular complexity index is 729. The molecular formula is C20H24O4. The van der Waals surface area contributed by atoms with Crippen molar-refractivity contribution in [2.75, 3.05) is 0 Å². The SMILES string of the molecule is CC(C)c1ccc(OC(=O)C23CCC(C)(C(=O)C2=O)C3(C)C)cc1. The molecule has 2 fully saturated rings. The van der Waals surface area contributed by atoms with Crippen molar-refractivity contribution in [2.45, 2.75) is 53.4 Å². The van der Waals surface area contributed by atoms with Crippen LogP contribution in [0.4, 0.5) is 0 Å². The van der Waals surface area contributed by atoms with Gasteiger partial charge in [0.2, 0.25) is 11.6 Å². The van der Waals surface area contributed by atoms with E-state index >= 15 is 0 Å². The third-order valence-corrected chi connectivity index (χ3v) is 6.65. The number of hydrogen-bond donors (Lipinski definition) is 0. The molecule has 0 heterocycles. The number of carbonyl (C=O) groups is 3. The largest absolute Gasteiger partial charge is 0.426 e. The number of rotatable bonds is 3. The average Bonchev–Trinajstić information content (AvgIpc) is 2.80. The molecule has 0 aliphatic heterocycles. The normalized spacial score (nSPS) is 30.9. The van der Waals surface area contributed by atoms with Crippen LogP contribution in [0.5, 0.6) is 5.75 Å². The van der Waals surface area contributed by atoms with Gasteiger partial charge in [0.1, 0.15) is 11.2 Å². The molecule has 2 aliphatic carbocycles. The van der Waals surface area contributed by atoms with Crippen LogP contribution in [-0.2, 0) is 14.4 Å². The highest BCUT2D eigenvalue weighted by Crippen LogP contribution is 2.69. The van der Waals surface area contributed by atoms with Crippen molar-refractivity contribution in [1.29, 1.82) is 0 Å². The Kier molecular flexibility index (Phi) is 3.52. The number of esters is 1. The Morgan fingerprint density at radius 3 is 2.04 bits per heavy atom. The molecule has 2 bridgehead atoms. The van der Waals surface area contributed by atoms with Crippen molar-refractivity contribution in [3.63, 3.8) is 0 Å². The second-order valence-corrected chi connectivity index (χ2v) is 8.13. The minimum atomic E-state index is -1.35. The van der Waals surface area contributed by atoms with Gasteiger partial charge in [0.15, 0.2) is 0 Å². The zero-order valence-electron chi connectivity index (χ0n) is 14.9. The summed E-state index contributed by atoms with van der Waals surface area (Å²) < 4.78 is 5.54. The second kappa shape index (κ2) is 5.01. The highest BCUT2D eigenvalue weighted by atomic mass is 16.5. The molecule has 0 N–H and O–H groups in total. The van der Waals surface area contributed by atoms with Crippen LogP contribution in [-0.4, -0.2) is 17.5 Å². The number of ether oxygens (including phenoxy) is 1. The van der Waals surface area contributed by atoms with E-state index in [0.29, 0.717) is 24.5 Å². The van der Waals surface area contributed by atoms with Crippen LogP contribution in [0.25, 0.3) is 0 Å². The molecule has 0 saturated heterocycles. The van der Waals surface area contributed by atoms with Gasteiger partial charge >= 0.3 is 5.97 Å². The lowest BCUT2D eigenvalue weighted by Crippen LogP contribution is -2.47. The summed E-state index contributed by atoms with van der Waals surface area (Å²) in [5.74, 6) is -0.799. The summed E-state index contributed by atoms with van der Waals surface area (Å²) in [6.45, 7) is 9.65. The van der Waals surface area contributed by atoms with E-state index in [1.54, 1.807) is 19.1 Å². The Hall–Kier alpha value is -1.97. The topological polar surface area (TPSA) is 60.4 Å². The van der Waals surface area contributed by atoms with Gasteiger partial charge in [-0.3, -0.25) is 14.4 Å². The number of carbonyl (C=O) groups excluding carboxylic acids is 3. The molecule has 0 aromatic heterocycles. The first kappa shape index (κ1) is 16.9. The van der Waals surface area contributed by atoms with E-state index < -0.39 is 33.8 Å². The number of benzene rings is 1.